The second-order valence-electron chi connectivity index (χ2n) is 3.89. The number of hydrogen-bond donors (Lipinski definition) is 0. The van der Waals surface area contributed by atoms with Gasteiger partial charge in [0.1, 0.15) is 5.82 Å². The summed E-state index contributed by atoms with van der Waals surface area (Å²) in [6.45, 7) is 2.20. The van der Waals surface area contributed by atoms with Crippen LogP contribution in [0.5, 0.6) is 0 Å². The predicted octanol–water partition coefficient (Wildman–Crippen LogP) is 2.92. The number of halogens is 2. The Morgan fingerprint density at radius 1 is 1.50 bits per heavy atom. The second-order valence-corrected chi connectivity index (χ2v) is 4.75. The average molecular weight is 285 g/mol. The number of ether oxygens (including phenoxy) is 1. The van der Waals surface area contributed by atoms with E-state index in [0.29, 0.717) is 11.1 Å². The molecule has 1 saturated heterocycles. The first-order chi connectivity index (χ1) is 7.51. The monoisotopic (exact) mass is 284 g/mol. The fourth-order valence-electron chi connectivity index (χ4n) is 1.26. The maximum Gasteiger partial charge on any atom is 0.203 e. The van der Waals surface area contributed by atoms with Gasteiger partial charge in [0, 0.05) is 0 Å². The Labute approximate surface area is 101 Å². The van der Waals surface area contributed by atoms with E-state index in [4.69, 9.17) is 4.74 Å². The smallest absolute Gasteiger partial charge is 0.203 e. The zero-order chi connectivity index (χ0) is 11.8. The Hall–Kier alpha value is -1.00. The highest BCUT2D eigenvalue weighted by Gasteiger charge is 2.47. The number of carbonyl (C=O) groups is 1. The molecule has 1 unspecified atom stereocenters. The van der Waals surface area contributed by atoms with Crippen molar-refractivity contribution in [1.29, 1.82) is 0 Å². The molecule has 1 atom stereocenters. The lowest BCUT2D eigenvalue weighted by atomic mass is 10.1. The molecule has 1 fully saturated rings. The largest absolute Gasteiger partial charge is 0.361 e. The van der Waals surface area contributed by atoms with Gasteiger partial charge in [-0.3, -0.25) is 4.79 Å². The molecular weight excluding hydrogens is 275 g/mol. The summed E-state index contributed by atoms with van der Waals surface area (Å²) in [5, 5.41) is 0. The quantitative estimate of drug-likeness (QED) is 0.631. The molecule has 0 aromatic heterocycles. The molecular formula is C12H10BrFO2. The summed E-state index contributed by atoms with van der Waals surface area (Å²) in [5.41, 5.74) is 0.0981. The third-order valence-electron chi connectivity index (χ3n) is 2.44. The summed E-state index contributed by atoms with van der Waals surface area (Å²) >= 11 is 3.21. The Kier molecular flexibility index (Phi) is 2.95. The molecule has 2 rings (SSSR count). The van der Waals surface area contributed by atoms with Crippen molar-refractivity contribution in [3.8, 4) is 0 Å². The van der Waals surface area contributed by atoms with Gasteiger partial charge in [-0.05, 0) is 46.6 Å². The highest BCUT2D eigenvalue weighted by molar-refractivity contribution is 9.12. The highest BCUT2D eigenvalue weighted by atomic mass is 79.9. The molecule has 0 N–H and O–H groups in total. The fourth-order valence-corrected chi connectivity index (χ4v) is 1.95. The number of epoxide rings is 1. The zero-order valence-electron chi connectivity index (χ0n) is 8.67. The zero-order valence-corrected chi connectivity index (χ0v) is 10.3. The van der Waals surface area contributed by atoms with Crippen molar-refractivity contribution < 1.29 is 13.9 Å². The third-order valence-corrected chi connectivity index (χ3v) is 3.03. The molecule has 1 aromatic carbocycles. The van der Waals surface area contributed by atoms with Crippen LogP contribution in [0.15, 0.2) is 28.7 Å². The lowest BCUT2D eigenvalue weighted by molar-refractivity contribution is -0.119. The minimum absolute atomic E-state index is 0.0863. The van der Waals surface area contributed by atoms with Gasteiger partial charge in [-0.1, -0.05) is 12.1 Å². The molecule has 84 valence electrons. The highest BCUT2D eigenvalue weighted by Crippen LogP contribution is 2.32. The normalized spacial score (nSPS) is 24.3. The van der Waals surface area contributed by atoms with E-state index in [1.54, 1.807) is 25.1 Å². The summed E-state index contributed by atoms with van der Waals surface area (Å²) < 4.78 is 18.2. The van der Waals surface area contributed by atoms with Crippen LogP contribution in [0.3, 0.4) is 0 Å². The Morgan fingerprint density at radius 3 is 2.56 bits per heavy atom. The lowest BCUT2D eigenvalue weighted by Crippen LogP contribution is -2.19. The molecule has 1 heterocycles. The Morgan fingerprint density at radius 2 is 2.06 bits per heavy atom. The number of rotatable bonds is 3. The van der Waals surface area contributed by atoms with Crippen LogP contribution in [0.2, 0.25) is 0 Å². The van der Waals surface area contributed by atoms with Crippen molar-refractivity contribution in [2.45, 2.75) is 12.5 Å². The Balaban J connectivity index is 2.17. The van der Waals surface area contributed by atoms with E-state index >= 15 is 0 Å². The van der Waals surface area contributed by atoms with E-state index < -0.39 is 5.60 Å². The van der Waals surface area contributed by atoms with E-state index in [1.165, 1.54) is 12.1 Å². The summed E-state index contributed by atoms with van der Waals surface area (Å²) in [4.78, 5) is 11.8. The van der Waals surface area contributed by atoms with Crippen molar-refractivity contribution in [3.05, 3.63) is 40.1 Å². The van der Waals surface area contributed by atoms with Crippen LogP contribution in [0.4, 0.5) is 4.39 Å². The van der Waals surface area contributed by atoms with Crippen molar-refractivity contribution in [3.63, 3.8) is 0 Å². The van der Waals surface area contributed by atoms with Crippen LogP contribution >= 0.6 is 15.9 Å². The lowest BCUT2D eigenvalue weighted by Gasteiger charge is -2.02. The van der Waals surface area contributed by atoms with Gasteiger partial charge in [0.2, 0.25) is 5.78 Å². The van der Waals surface area contributed by atoms with Crippen LogP contribution in [0.1, 0.15) is 12.5 Å². The first kappa shape index (κ1) is 11.5. The third kappa shape index (κ3) is 2.39. The molecule has 0 saturated carbocycles. The Bertz CT molecular complexity index is 447. The summed E-state index contributed by atoms with van der Waals surface area (Å²) in [6, 6.07) is 5.93. The number of carbonyl (C=O) groups excluding carboxylic acids is 1. The maximum absolute atomic E-state index is 12.7. The van der Waals surface area contributed by atoms with Gasteiger partial charge >= 0.3 is 0 Å². The molecule has 0 radical (unpaired) electrons. The molecule has 16 heavy (non-hydrogen) atoms. The van der Waals surface area contributed by atoms with Crippen molar-refractivity contribution in [2.24, 2.45) is 0 Å². The van der Waals surface area contributed by atoms with Crippen molar-refractivity contribution in [1.82, 2.24) is 0 Å². The van der Waals surface area contributed by atoms with Gasteiger partial charge in [-0.15, -0.1) is 0 Å². The molecule has 0 bridgehead atoms. The number of Topliss-reactive ketones (excluding diaryl/α,β-unsaturated/α-hetero) is 1. The first-order valence-corrected chi connectivity index (χ1v) is 5.62. The minimum Gasteiger partial charge on any atom is -0.361 e. The number of benzene rings is 1. The van der Waals surface area contributed by atoms with Crippen LogP contribution in [-0.4, -0.2) is 18.0 Å². The van der Waals surface area contributed by atoms with Gasteiger partial charge in [0.15, 0.2) is 5.60 Å². The van der Waals surface area contributed by atoms with Crippen molar-refractivity contribution in [2.75, 3.05) is 6.61 Å². The molecule has 1 aliphatic heterocycles. The van der Waals surface area contributed by atoms with E-state index in [2.05, 4.69) is 15.9 Å². The van der Waals surface area contributed by atoms with Gasteiger partial charge in [0.05, 0.1) is 11.1 Å². The van der Waals surface area contributed by atoms with Gasteiger partial charge in [-0.2, -0.15) is 0 Å². The standard InChI is InChI=1S/C12H10BrFO2/c1-12(7-16-12)11(15)10(13)6-8-2-4-9(14)5-3-8/h2-6H,7H2,1H3/b10-6-. The maximum atomic E-state index is 12.7. The van der Waals surface area contributed by atoms with Crippen LogP contribution in [0, 0.1) is 5.82 Å². The number of ketones is 1. The summed E-state index contributed by atoms with van der Waals surface area (Å²) in [7, 11) is 0. The van der Waals surface area contributed by atoms with Gasteiger partial charge in [-0.25, -0.2) is 4.39 Å². The molecule has 0 amide bonds. The molecule has 0 aliphatic carbocycles. The molecule has 2 nitrogen and oxygen atoms in total. The second kappa shape index (κ2) is 4.11. The van der Waals surface area contributed by atoms with E-state index in [9.17, 15) is 9.18 Å². The van der Waals surface area contributed by atoms with Crippen LogP contribution < -0.4 is 0 Å². The summed E-state index contributed by atoms with van der Waals surface area (Å²) in [5.74, 6) is -0.381. The SMILES string of the molecule is CC1(C(=O)/C(Br)=C/c2ccc(F)cc2)CO1. The summed E-state index contributed by atoms with van der Waals surface area (Å²) in [6.07, 6.45) is 1.66. The predicted molar refractivity (Wildman–Crippen MR) is 62.7 cm³/mol. The average Bonchev–Trinajstić information content (AvgIpc) is 3.00. The van der Waals surface area contributed by atoms with Crippen molar-refractivity contribution >= 4 is 27.8 Å². The topological polar surface area (TPSA) is 29.6 Å². The molecule has 1 aliphatic rings. The molecule has 0 spiro atoms. The van der Waals surface area contributed by atoms with Gasteiger partial charge in [0.25, 0.3) is 0 Å². The van der Waals surface area contributed by atoms with E-state index in [0.717, 1.165) is 5.56 Å². The first-order valence-electron chi connectivity index (χ1n) is 4.83. The molecule has 4 heteroatoms. The van der Waals surface area contributed by atoms with E-state index in [1.807, 2.05) is 0 Å². The fraction of sp³-hybridized carbons (Fsp3) is 0.250. The van der Waals surface area contributed by atoms with E-state index in [-0.39, 0.29) is 11.6 Å². The molecule has 1 aromatic rings. The van der Waals surface area contributed by atoms with Crippen LogP contribution in [0.25, 0.3) is 6.08 Å². The van der Waals surface area contributed by atoms with Gasteiger partial charge < -0.3 is 4.74 Å². The van der Waals surface area contributed by atoms with Crippen LogP contribution in [-0.2, 0) is 9.53 Å². The number of hydrogen-bond acceptors (Lipinski definition) is 2. The minimum atomic E-state index is -0.671.